The topological polar surface area (TPSA) is 158 Å². The molecule has 0 spiro atoms. The largest absolute Gasteiger partial charge is 0.453 e. The van der Waals surface area contributed by atoms with E-state index < -0.39 is 24.3 Å². The number of allylic oxidation sites excluding steroid dienone is 1. The number of likely N-dealkylation sites (tertiary alicyclic amines) is 2. The molecule has 2 saturated heterocycles. The Kier molecular flexibility index (Phi) is 10.8. The molecular formula is C42H51N7O6S2. The second-order valence-corrected chi connectivity index (χ2v) is 18.4. The average molecular weight is 814 g/mol. The Hall–Kier alpha value is -4.89. The average Bonchev–Trinajstić information content (AvgIpc) is 3.82. The van der Waals surface area contributed by atoms with Gasteiger partial charge >= 0.3 is 12.2 Å². The van der Waals surface area contributed by atoms with Gasteiger partial charge in [0.05, 0.1) is 43.1 Å². The predicted octanol–water partition coefficient (Wildman–Crippen LogP) is 7.85. The molecule has 8 rings (SSSR count). The quantitative estimate of drug-likeness (QED) is 0.126. The number of imidazole rings is 1. The van der Waals surface area contributed by atoms with Crippen LogP contribution in [-0.4, -0.2) is 89.2 Å². The Morgan fingerprint density at radius 1 is 0.825 bits per heavy atom. The van der Waals surface area contributed by atoms with Gasteiger partial charge in [0.1, 0.15) is 17.9 Å². The number of H-pyrrole nitrogens is 1. The minimum absolute atomic E-state index is 0.0681. The highest BCUT2D eigenvalue weighted by Crippen LogP contribution is 2.54. The van der Waals surface area contributed by atoms with E-state index in [1.54, 1.807) is 22.7 Å². The van der Waals surface area contributed by atoms with Crippen molar-refractivity contribution in [1.82, 2.24) is 30.4 Å². The number of carbonyl (C=O) groups is 4. The van der Waals surface area contributed by atoms with Gasteiger partial charge in [-0.15, -0.1) is 22.7 Å². The van der Waals surface area contributed by atoms with Crippen molar-refractivity contribution in [3.63, 3.8) is 0 Å². The van der Waals surface area contributed by atoms with Crippen LogP contribution in [-0.2, 0) is 19.1 Å². The number of thiophene rings is 2. The van der Waals surface area contributed by atoms with Crippen LogP contribution in [0.3, 0.4) is 0 Å². The van der Waals surface area contributed by atoms with Crippen LogP contribution in [0.25, 0.3) is 30.4 Å². The summed E-state index contributed by atoms with van der Waals surface area (Å²) >= 11 is 3.51. The Balaban J connectivity index is 0.966. The van der Waals surface area contributed by atoms with E-state index >= 15 is 0 Å². The maximum absolute atomic E-state index is 13.8. The van der Waals surface area contributed by atoms with Gasteiger partial charge in [-0.3, -0.25) is 9.59 Å². The summed E-state index contributed by atoms with van der Waals surface area (Å²) in [5.74, 6) is 1.25. The van der Waals surface area contributed by atoms with Crippen molar-refractivity contribution < 1.29 is 28.7 Å². The lowest BCUT2D eigenvalue weighted by Gasteiger charge is -2.32. The van der Waals surface area contributed by atoms with Gasteiger partial charge in [-0.05, 0) is 91.2 Å². The second-order valence-electron chi connectivity index (χ2n) is 16.3. The molecule has 13 nitrogen and oxygen atoms in total. The van der Waals surface area contributed by atoms with E-state index in [-0.39, 0.29) is 35.7 Å². The number of rotatable bonds is 10. The number of benzene rings is 1. The lowest BCUT2D eigenvalue weighted by Crippen LogP contribution is -2.53. The van der Waals surface area contributed by atoms with Crippen LogP contribution in [0.2, 0.25) is 0 Å². The number of ether oxygens (including phenoxy) is 2. The first-order valence-corrected chi connectivity index (χ1v) is 21.6. The van der Waals surface area contributed by atoms with Gasteiger partial charge in [-0.2, -0.15) is 0 Å². The van der Waals surface area contributed by atoms with Gasteiger partial charge in [0.2, 0.25) is 11.8 Å². The van der Waals surface area contributed by atoms with Gasteiger partial charge < -0.3 is 40.2 Å². The maximum atomic E-state index is 13.8. The zero-order valence-electron chi connectivity index (χ0n) is 33.2. The van der Waals surface area contributed by atoms with Crippen LogP contribution < -0.4 is 16.0 Å². The summed E-state index contributed by atoms with van der Waals surface area (Å²) in [4.78, 5) is 65.8. The molecule has 1 aliphatic carbocycles. The van der Waals surface area contributed by atoms with Crippen molar-refractivity contribution in [2.24, 2.45) is 17.8 Å². The summed E-state index contributed by atoms with van der Waals surface area (Å²) in [7, 11) is 2.62. The number of aromatic amines is 1. The number of nitrogens with zero attached hydrogens (tertiary/aromatic N) is 3. The Labute approximate surface area is 340 Å². The molecule has 0 radical (unpaired) electrons. The molecular weight excluding hydrogens is 763 g/mol. The van der Waals surface area contributed by atoms with Crippen LogP contribution in [0.15, 0.2) is 48.3 Å². The summed E-state index contributed by atoms with van der Waals surface area (Å²) in [5, 5.41) is 9.23. The van der Waals surface area contributed by atoms with E-state index in [4.69, 9.17) is 14.5 Å². The summed E-state index contributed by atoms with van der Waals surface area (Å²) < 4.78 is 12.0. The first kappa shape index (κ1) is 39.0. The fraction of sp³-hybridized carbons (Fsp3) is 0.500. The van der Waals surface area contributed by atoms with E-state index in [1.165, 1.54) is 39.6 Å². The highest BCUT2D eigenvalue weighted by atomic mass is 32.1. The fourth-order valence-corrected chi connectivity index (χ4v) is 11.0. The van der Waals surface area contributed by atoms with Crippen molar-refractivity contribution in [2.75, 3.05) is 32.6 Å². The molecule has 0 bridgehead atoms. The maximum Gasteiger partial charge on any atom is 0.407 e. The zero-order chi connectivity index (χ0) is 40.1. The number of fused-ring (bicyclic) bond motifs is 4. The number of nitrogens with one attached hydrogen (secondary N) is 4. The monoisotopic (exact) mass is 813 g/mol. The van der Waals surface area contributed by atoms with E-state index in [0.717, 1.165) is 59.9 Å². The molecule has 1 saturated carbocycles. The van der Waals surface area contributed by atoms with Crippen molar-refractivity contribution in [3.05, 3.63) is 59.7 Å². The summed E-state index contributed by atoms with van der Waals surface area (Å²) in [5.41, 5.74) is 5.61. The molecule has 3 aromatic heterocycles. The van der Waals surface area contributed by atoms with Crippen molar-refractivity contribution in [1.29, 1.82) is 0 Å². The molecule has 15 heteroatoms. The van der Waals surface area contributed by atoms with Gasteiger partial charge in [-0.25, -0.2) is 14.6 Å². The molecule has 6 heterocycles. The first-order chi connectivity index (χ1) is 27.4. The number of carbonyl (C=O) groups excluding carboxylic acids is 4. The van der Waals surface area contributed by atoms with Crippen molar-refractivity contribution in [2.45, 2.75) is 89.9 Å². The van der Waals surface area contributed by atoms with Crippen LogP contribution in [0.1, 0.15) is 83.1 Å². The number of anilines is 1. The molecule has 6 atom stereocenters. The van der Waals surface area contributed by atoms with E-state index in [2.05, 4.69) is 57.3 Å². The van der Waals surface area contributed by atoms with Crippen LogP contribution in [0.5, 0.6) is 0 Å². The van der Waals surface area contributed by atoms with E-state index in [9.17, 15) is 19.2 Å². The third kappa shape index (κ3) is 7.63. The Bertz CT molecular complexity index is 2190. The van der Waals surface area contributed by atoms with Crippen molar-refractivity contribution >= 4 is 61.8 Å². The van der Waals surface area contributed by atoms with Crippen molar-refractivity contribution in [3.8, 4) is 21.0 Å². The van der Waals surface area contributed by atoms with Gasteiger partial charge in [0.25, 0.3) is 0 Å². The lowest BCUT2D eigenvalue weighted by atomic mass is 10.0. The van der Waals surface area contributed by atoms with Gasteiger partial charge in [0, 0.05) is 38.8 Å². The molecule has 4 aliphatic rings. The molecule has 4 amide bonds. The molecule has 4 aromatic rings. The molecule has 3 aliphatic heterocycles. The molecule has 3 fully saturated rings. The third-order valence-corrected chi connectivity index (χ3v) is 14.2. The first-order valence-electron chi connectivity index (χ1n) is 20.0. The smallest absolute Gasteiger partial charge is 0.407 e. The standard InChI is InChI=1S/C42H51N7O6S2/c1-21(2)36(46-41(52)54-5)39(50)48-13-7-9-30(48)28-17-24-16-25(24)26-15-23(11-12-27(26)44-28)32-18-34-35(56-32)19-33(57-34)29-20-43-38(45-29)31-10-8-14-49(31)40(51)37(22(3)4)47-42(53)55-6/h11-12,15,17-22,24-25,30-31,36-37,44H,7-10,13-14,16H2,1-6H3,(H,43,45)(H,46,52)(H,47,53)/t24?,25?,30?,31-,36-,37-/m1/s1. The summed E-state index contributed by atoms with van der Waals surface area (Å²) in [6, 6.07) is 9.63. The number of methoxy groups -OCH3 is 2. The molecule has 3 unspecified atom stereocenters. The van der Waals surface area contributed by atoms with E-state index in [0.29, 0.717) is 24.9 Å². The van der Waals surface area contributed by atoms with Crippen LogP contribution >= 0.6 is 22.7 Å². The summed E-state index contributed by atoms with van der Waals surface area (Å²) in [6.45, 7) is 8.97. The summed E-state index contributed by atoms with van der Waals surface area (Å²) in [6.07, 6.45) is 7.53. The molecule has 57 heavy (non-hydrogen) atoms. The highest BCUT2D eigenvalue weighted by Gasteiger charge is 2.44. The minimum Gasteiger partial charge on any atom is -0.453 e. The molecule has 302 valence electrons. The van der Waals surface area contributed by atoms with Crippen LogP contribution in [0, 0.1) is 17.8 Å². The van der Waals surface area contributed by atoms with Gasteiger partial charge in [-0.1, -0.05) is 39.8 Å². The number of alkyl carbamates (subject to hydrolysis) is 2. The Morgan fingerprint density at radius 2 is 1.42 bits per heavy atom. The highest BCUT2D eigenvalue weighted by molar-refractivity contribution is 7.31. The fourth-order valence-electron chi connectivity index (χ4n) is 8.68. The van der Waals surface area contributed by atoms with Crippen LogP contribution in [0.4, 0.5) is 15.3 Å². The second kappa shape index (κ2) is 15.8. The zero-order valence-corrected chi connectivity index (χ0v) is 34.9. The number of hydrogen-bond acceptors (Lipinski definition) is 10. The van der Waals surface area contributed by atoms with E-state index in [1.807, 2.05) is 43.7 Å². The Morgan fingerprint density at radius 3 is 2.05 bits per heavy atom. The normalized spacial score (nSPS) is 22.4. The number of aromatic nitrogens is 2. The minimum atomic E-state index is -0.677. The third-order valence-electron chi connectivity index (χ3n) is 11.8. The predicted molar refractivity (Wildman–Crippen MR) is 222 cm³/mol. The number of hydrogen-bond donors (Lipinski definition) is 4. The molecule has 1 aromatic carbocycles. The lowest BCUT2D eigenvalue weighted by molar-refractivity contribution is -0.136. The number of amides is 4. The molecule has 4 N–H and O–H groups in total. The SMILES string of the molecule is COC(=O)N[C@@H](C(=O)N1CCCC1C1=CC2CC2c2cc(-c3cc4sc(-c5cnc([C@H]6CCCN6C(=O)[C@H](NC(=O)OC)C(C)C)[nH]5)cc4s3)ccc2N1)C(C)C. The van der Waals surface area contributed by atoms with Gasteiger partial charge in [0.15, 0.2) is 0 Å².